The molecule has 1 aromatic heterocycles. The van der Waals surface area contributed by atoms with E-state index in [2.05, 4.69) is 21.5 Å². The summed E-state index contributed by atoms with van der Waals surface area (Å²) in [4.78, 5) is 0. The van der Waals surface area contributed by atoms with Gasteiger partial charge in [-0.1, -0.05) is 65.9 Å². The van der Waals surface area contributed by atoms with Gasteiger partial charge in [-0.05, 0) is 17.2 Å². The molecule has 4 nitrogen and oxygen atoms in total. The minimum atomic E-state index is 0.374. The first-order valence-corrected chi connectivity index (χ1v) is 6.51. The fourth-order valence-corrected chi connectivity index (χ4v) is 2.05. The van der Waals surface area contributed by atoms with E-state index in [1.165, 1.54) is 0 Å². The van der Waals surface area contributed by atoms with E-state index in [9.17, 15) is 0 Å². The molecule has 0 unspecified atom stereocenters. The molecule has 1 heterocycles. The fourth-order valence-electron chi connectivity index (χ4n) is 2.05. The van der Waals surface area contributed by atoms with Crippen molar-refractivity contribution in [3.05, 3.63) is 71.4 Å². The van der Waals surface area contributed by atoms with E-state index in [1.807, 2.05) is 66.7 Å². The number of nitrogens with one attached hydrogen (secondary N) is 1. The second-order valence-electron chi connectivity index (χ2n) is 4.52. The Balaban J connectivity index is 1.91. The summed E-state index contributed by atoms with van der Waals surface area (Å²) in [6.45, 7) is 0. The Morgan fingerprint density at radius 3 is 2.52 bits per heavy atom. The molecular formula is C17H12N4. The van der Waals surface area contributed by atoms with Crippen LogP contribution < -0.4 is 0 Å². The van der Waals surface area contributed by atoms with Crippen LogP contribution in [-0.2, 0) is 0 Å². The molecule has 0 saturated carbocycles. The summed E-state index contributed by atoms with van der Waals surface area (Å²) in [5.74, 6) is 0. The lowest BCUT2D eigenvalue weighted by molar-refractivity contribution is 0.937. The highest BCUT2D eigenvalue weighted by Crippen LogP contribution is 2.21. The predicted molar refractivity (Wildman–Crippen MR) is 81.9 cm³/mol. The summed E-state index contributed by atoms with van der Waals surface area (Å²) >= 11 is 0. The summed E-state index contributed by atoms with van der Waals surface area (Å²) in [6, 6.07) is 20.0. The molecule has 0 aliphatic carbocycles. The Labute approximate surface area is 122 Å². The highest BCUT2D eigenvalue weighted by Gasteiger charge is 2.08. The molecule has 0 saturated heterocycles. The van der Waals surface area contributed by atoms with Gasteiger partial charge in [-0.15, -0.1) is 5.10 Å². The average Bonchev–Trinajstić information content (AvgIpc) is 3.03. The van der Waals surface area contributed by atoms with Crippen LogP contribution in [0.5, 0.6) is 0 Å². The van der Waals surface area contributed by atoms with Crippen molar-refractivity contribution in [3.8, 4) is 17.3 Å². The van der Waals surface area contributed by atoms with Gasteiger partial charge in [0.25, 0.3) is 0 Å². The van der Waals surface area contributed by atoms with Crippen molar-refractivity contribution in [2.75, 3.05) is 0 Å². The molecule has 4 heteroatoms. The van der Waals surface area contributed by atoms with Crippen LogP contribution in [0.25, 0.3) is 23.4 Å². The lowest BCUT2D eigenvalue weighted by atomic mass is 10.1. The van der Waals surface area contributed by atoms with E-state index < -0.39 is 0 Å². The monoisotopic (exact) mass is 272 g/mol. The van der Waals surface area contributed by atoms with E-state index in [1.54, 1.807) is 0 Å². The van der Waals surface area contributed by atoms with Crippen LogP contribution in [0.4, 0.5) is 0 Å². The first kappa shape index (κ1) is 12.8. The molecule has 0 radical (unpaired) electrons. The molecule has 3 rings (SSSR count). The van der Waals surface area contributed by atoms with Gasteiger partial charge >= 0.3 is 0 Å². The second kappa shape index (κ2) is 5.85. The standard InChI is InChI=1S/C17H12N4/c18-12-16-17(20-21-19-16)15-8-4-7-14(11-15)10-9-13-5-2-1-3-6-13/h1-11H,(H,19,20,21)/b10-9+. The maximum atomic E-state index is 9.01. The number of nitrogens with zero attached hydrogens (tertiary/aromatic N) is 3. The Morgan fingerprint density at radius 2 is 1.71 bits per heavy atom. The third-order valence-corrected chi connectivity index (χ3v) is 3.09. The van der Waals surface area contributed by atoms with E-state index in [0.717, 1.165) is 16.7 Å². The highest BCUT2D eigenvalue weighted by atomic mass is 15.3. The normalized spacial score (nSPS) is 10.6. The molecule has 3 aromatic rings. The van der Waals surface area contributed by atoms with Crippen molar-refractivity contribution in [2.24, 2.45) is 0 Å². The smallest absolute Gasteiger partial charge is 0.163 e. The van der Waals surface area contributed by atoms with Gasteiger partial charge in [0.15, 0.2) is 5.69 Å². The summed E-state index contributed by atoms with van der Waals surface area (Å²) in [5, 5.41) is 19.2. The SMILES string of the molecule is N#Cc1[nH]nnc1-c1cccc(/C=C/c2ccccc2)c1. The number of aromatic amines is 1. The minimum Gasteiger partial charge on any atom is -0.247 e. The minimum absolute atomic E-state index is 0.374. The van der Waals surface area contributed by atoms with Crippen molar-refractivity contribution in [2.45, 2.75) is 0 Å². The Hall–Kier alpha value is -3.19. The van der Waals surface area contributed by atoms with Gasteiger partial charge in [0.05, 0.1) is 0 Å². The maximum absolute atomic E-state index is 9.01. The van der Waals surface area contributed by atoms with Gasteiger partial charge in [0, 0.05) is 5.56 Å². The van der Waals surface area contributed by atoms with Gasteiger partial charge in [-0.3, -0.25) is 0 Å². The molecule has 0 fully saturated rings. The van der Waals surface area contributed by atoms with E-state index >= 15 is 0 Å². The van der Waals surface area contributed by atoms with E-state index in [0.29, 0.717) is 11.4 Å². The largest absolute Gasteiger partial charge is 0.247 e. The first-order valence-electron chi connectivity index (χ1n) is 6.51. The zero-order valence-electron chi connectivity index (χ0n) is 11.2. The molecular weight excluding hydrogens is 260 g/mol. The van der Waals surface area contributed by atoms with E-state index in [4.69, 9.17) is 5.26 Å². The second-order valence-corrected chi connectivity index (χ2v) is 4.52. The van der Waals surface area contributed by atoms with Crippen molar-refractivity contribution in [3.63, 3.8) is 0 Å². The molecule has 0 atom stereocenters. The molecule has 0 spiro atoms. The van der Waals surface area contributed by atoms with Gasteiger partial charge in [0.2, 0.25) is 0 Å². The third kappa shape index (κ3) is 2.88. The lowest BCUT2D eigenvalue weighted by Gasteiger charge is -1.99. The number of H-pyrrole nitrogens is 1. The number of aromatic nitrogens is 3. The van der Waals surface area contributed by atoms with Crippen molar-refractivity contribution >= 4 is 12.2 Å². The molecule has 100 valence electrons. The van der Waals surface area contributed by atoms with Crippen LogP contribution in [0.15, 0.2) is 54.6 Å². The van der Waals surface area contributed by atoms with E-state index in [-0.39, 0.29) is 0 Å². The van der Waals surface area contributed by atoms with Crippen molar-refractivity contribution < 1.29 is 0 Å². The van der Waals surface area contributed by atoms with Gasteiger partial charge < -0.3 is 0 Å². The lowest BCUT2D eigenvalue weighted by Crippen LogP contribution is -1.83. The molecule has 0 amide bonds. The predicted octanol–water partition coefficient (Wildman–Crippen LogP) is 3.51. The number of hydrogen-bond acceptors (Lipinski definition) is 3. The van der Waals surface area contributed by atoms with Gasteiger partial charge in [-0.25, -0.2) is 5.10 Å². The van der Waals surface area contributed by atoms with Crippen LogP contribution in [0.2, 0.25) is 0 Å². The molecule has 0 aliphatic heterocycles. The molecule has 2 aromatic carbocycles. The first-order chi connectivity index (χ1) is 10.4. The molecule has 0 aliphatic rings. The fraction of sp³-hybridized carbons (Fsp3) is 0. The van der Waals surface area contributed by atoms with Crippen molar-refractivity contribution in [1.82, 2.24) is 15.4 Å². The zero-order valence-corrected chi connectivity index (χ0v) is 11.2. The Bertz CT molecular complexity index is 810. The summed E-state index contributed by atoms with van der Waals surface area (Å²) in [6.07, 6.45) is 4.08. The molecule has 1 N–H and O–H groups in total. The number of nitriles is 1. The summed E-state index contributed by atoms with van der Waals surface area (Å²) < 4.78 is 0. The van der Waals surface area contributed by atoms with Crippen LogP contribution >= 0.6 is 0 Å². The van der Waals surface area contributed by atoms with Gasteiger partial charge in [-0.2, -0.15) is 5.26 Å². The van der Waals surface area contributed by atoms with Crippen LogP contribution in [0, 0.1) is 11.3 Å². The van der Waals surface area contributed by atoms with Crippen LogP contribution in [0.1, 0.15) is 16.8 Å². The van der Waals surface area contributed by atoms with Crippen LogP contribution in [0.3, 0.4) is 0 Å². The summed E-state index contributed by atoms with van der Waals surface area (Å²) in [7, 11) is 0. The highest BCUT2D eigenvalue weighted by molar-refractivity contribution is 5.73. The number of hydrogen-bond donors (Lipinski definition) is 1. The zero-order chi connectivity index (χ0) is 14.5. The summed E-state index contributed by atoms with van der Waals surface area (Å²) in [5.41, 5.74) is 4.01. The number of benzene rings is 2. The van der Waals surface area contributed by atoms with Crippen molar-refractivity contribution in [1.29, 1.82) is 5.26 Å². The number of rotatable bonds is 3. The maximum Gasteiger partial charge on any atom is 0.163 e. The molecule has 0 bridgehead atoms. The average molecular weight is 272 g/mol. The quantitative estimate of drug-likeness (QED) is 0.742. The topological polar surface area (TPSA) is 65.4 Å². The van der Waals surface area contributed by atoms with Crippen LogP contribution in [-0.4, -0.2) is 15.4 Å². The third-order valence-electron chi connectivity index (χ3n) is 3.09. The Morgan fingerprint density at radius 1 is 0.952 bits per heavy atom. The Kier molecular flexibility index (Phi) is 3.57. The molecule has 21 heavy (non-hydrogen) atoms. The van der Waals surface area contributed by atoms with Gasteiger partial charge in [0.1, 0.15) is 11.8 Å².